The van der Waals surface area contributed by atoms with Crippen molar-refractivity contribution in [1.29, 1.82) is 0 Å². The molecule has 0 aliphatic heterocycles. The molecule has 4 heteroatoms. The maximum Gasteiger partial charge on any atom is 0.329 e. The zero-order valence-corrected chi connectivity index (χ0v) is 10.3. The Balaban J connectivity index is 4.19. The van der Waals surface area contributed by atoms with E-state index < -0.39 is 8.32 Å². The fourth-order valence-corrected chi connectivity index (χ4v) is 3.69. The van der Waals surface area contributed by atoms with Crippen LogP contribution < -0.4 is 0 Å². The molecule has 0 radical (unpaired) electrons. The van der Waals surface area contributed by atoms with Crippen molar-refractivity contribution >= 4 is 14.3 Å². The zero-order chi connectivity index (χ0) is 11.0. The van der Waals surface area contributed by atoms with Crippen LogP contribution in [0.4, 0.5) is 0 Å². The molecule has 0 amide bonds. The summed E-state index contributed by atoms with van der Waals surface area (Å²) in [5.41, 5.74) is 0. The van der Waals surface area contributed by atoms with Crippen LogP contribution >= 0.6 is 0 Å². The fourth-order valence-electron chi connectivity index (χ4n) is 1.27. The Labute approximate surface area is 87.2 Å². The minimum absolute atomic E-state index is 0.358. The smallest absolute Gasteiger partial charge is 0.329 e. The van der Waals surface area contributed by atoms with Crippen LogP contribution in [0.25, 0.3) is 0 Å². The Morgan fingerprint density at radius 1 is 1.36 bits per heavy atom. The second-order valence-corrected chi connectivity index (χ2v) is 7.49. The highest BCUT2D eigenvalue weighted by molar-refractivity contribution is 6.73. The van der Waals surface area contributed by atoms with Gasteiger partial charge in [-0.2, -0.15) is 0 Å². The molecule has 0 aromatic heterocycles. The predicted molar refractivity (Wildman–Crippen MR) is 59.5 cm³/mol. The van der Waals surface area contributed by atoms with Crippen molar-refractivity contribution in [1.82, 2.24) is 0 Å². The van der Waals surface area contributed by atoms with Gasteiger partial charge in [0.1, 0.15) is 6.23 Å². The molecule has 0 aliphatic rings. The molecule has 0 saturated carbocycles. The predicted octanol–water partition coefficient (Wildman–Crippen LogP) is 2.28. The summed E-state index contributed by atoms with van der Waals surface area (Å²) >= 11 is 0. The largest absolute Gasteiger partial charge is 0.463 e. The number of ether oxygens (including phenoxy) is 1. The Kier molecular flexibility index (Phi) is 6.49. The first kappa shape index (κ1) is 13.4. The van der Waals surface area contributed by atoms with E-state index in [1.165, 1.54) is 6.08 Å². The van der Waals surface area contributed by atoms with Crippen molar-refractivity contribution < 1.29 is 14.0 Å². The molecule has 0 saturated heterocycles. The molecule has 14 heavy (non-hydrogen) atoms. The lowest BCUT2D eigenvalue weighted by atomic mass is 10.7. The molecule has 0 fully saturated rings. The third-order valence-corrected chi connectivity index (χ3v) is 6.53. The Morgan fingerprint density at radius 3 is 2.29 bits per heavy atom. The second-order valence-electron chi connectivity index (χ2n) is 3.13. The molecule has 0 aliphatic carbocycles. The lowest BCUT2D eigenvalue weighted by Crippen LogP contribution is -2.43. The van der Waals surface area contributed by atoms with Gasteiger partial charge in [-0.3, -0.25) is 0 Å². The van der Waals surface area contributed by atoms with Gasteiger partial charge in [-0.25, -0.2) is 4.79 Å². The molecule has 0 aromatic carbocycles. The normalized spacial score (nSPS) is 11.1. The summed E-state index contributed by atoms with van der Waals surface area (Å²) in [5, 5.41) is 0. The van der Waals surface area contributed by atoms with E-state index in [9.17, 15) is 4.79 Å². The number of rotatable bonds is 7. The molecule has 0 bridgehead atoms. The number of esters is 1. The summed E-state index contributed by atoms with van der Waals surface area (Å²) in [4.78, 5) is 10.9. The molecule has 3 nitrogen and oxygen atoms in total. The monoisotopic (exact) mass is 216 g/mol. The quantitative estimate of drug-likeness (QED) is 0.372. The summed E-state index contributed by atoms with van der Waals surface area (Å²) < 4.78 is 10.8. The molecule has 0 N–H and O–H groups in total. The highest BCUT2D eigenvalue weighted by atomic mass is 28.4. The lowest BCUT2D eigenvalue weighted by molar-refractivity contribution is -0.136. The van der Waals surface area contributed by atoms with E-state index in [1.54, 1.807) is 0 Å². The number of hydrogen-bond donors (Lipinski definition) is 0. The maximum absolute atomic E-state index is 10.9. The van der Waals surface area contributed by atoms with Gasteiger partial charge in [0, 0.05) is 12.7 Å². The van der Waals surface area contributed by atoms with Crippen LogP contribution in [0.3, 0.4) is 0 Å². The van der Waals surface area contributed by atoms with E-state index in [-0.39, 0.29) is 5.97 Å². The van der Waals surface area contributed by atoms with Crippen LogP contribution in [-0.4, -0.2) is 27.1 Å². The first-order valence-corrected chi connectivity index (χ1v) is 7.60. The maximum atomic E-state index is 10.9. The summed E-state index contributed by atoms with van der Waals surface area (Å²) in [6.45, 7) is 10.2. The lowest BCUT2D eigenvalue weighted by Gasteiger charge is -2.27. The first-order chi connectivity index (χ1) is 6.64. The van der Waals surface area contributed by atoms with Crippen molar-refractivity contribution in [2.24, 2.45) is 0 Å². The van der Waals surface area contributed by atoms with E-state index in [1.807, 2.05) is 6.92 Å². The molecule has 82 valence electrons. The van der Waals surface area contributed by atoms with E-state index in [2.05, 4.69) is 20.4 Å². The standard InChI is InChI=1S/C10H20O3Si/c1-5-10(11)12-9-14(7-3,8-4)13-6-2/h5H,1,6-9H2,2-4H3. The summed E-state index contributed by atoms with van der Waals surface area (Å²) in [5.74, 6) is -0.358. The minimum Gasteiger partial charge on any atom is -0.463 e. The van der Waals surface area contributed by atoms with Crippen LogP contribution in [0.15, 0.2) is 12.7 Å². The van der Waals surface area contributed by atoms with Gasteiger partial charge in [-0.15, -0.1) is 0 Å². The molecule has 0 rings (SSSR count). The van der Waals surface area contributed by atoms with Crippen molar-refractivity contribution in [2.45, 2.75) is 32.9 Å². The summed E-state index contributed by atoms with van der Waals surface area (Å²) in [6, 6.07) is 1.95. The molecule has 0 atom stereocenters. The summed E-state index contributed by atoms with van der Waals surface area (Å²) in [7, 11) is -1.81. The van der Waals surface area contributed by atoms with Crippen LogP contribution in [0.5, 0.6) is 0 Å². The van der Waals surface area contributed by atoms with Crippen molar-refractivity contribution in [3.05, 3.63) is 12.7 Å². The number of carbonyl (C=O) groups excluding carboxylic acids is 1. The number of carbonyl (C=O) groups is 1. The first-order valence-electron chi connectivity index (χ1n) is 5.07. The number of hydrogen-bond acceptors (Lipinski definition) is 3. The highest BCUT2D eigenvalue weighted by Crippen LogP contribution is 2.17. The van der Waals surface area contributed by atoms with Gasteiger partial charge in [0.05, 0.1) is 0 Å². The van der Waals surface area contributed by atoms with Crippen LogP contribution in [0, 0.1) is 0 Å². The Hall–Kier alpha value is -0.613. The molecular weight excluding hydrogens is 196 g/mol. The topological polar surface area (TPSA) is 35.5 Å². The highest BCUT2D eigenvalue weighted by Gasteiger charge is 2.32. The Morgan fingerprint density at radius 2 is 1.93 bits per heavy atom. The van der Waals surface area contributed by atoms with Gasteiger partial charge in [0.15, 0.2) is 0 Å². The van der Waals surface area contributed by atoms with Gasteiger partial charge in [-0.1, -0.05) is 20.4 Å². The third kappa shape index (κ3) is 4.06. The van der Waals surface area contributed by atoms with Crippen LogP contribution in [-0.2, 0) is 14.0 Å². The van der Waals surface area contributed by atoms with Crippen molar-refractivity contribution in [2.75, 3.05) is 12.8 Å². The Bertz CT molecular complexity index is 188. The van der Waals surface area contributed by atoms with Crippen molar-refractivity contribution in [3.63, 3.8) is 0 Å². The molecular formula is C10H20O3Si. The molecule has 0 spiro atoms. The average molecular weight is 216 g/mol. The second kappa shape index (κ2) is 6.78. The van der Waals surface area contributed by atoms with E-state index >= 15 is 0 Å². The van der Waals surface area contributed by atoms with Crippen LogP contribution in [0.1, 0.15) is 20.8 Å². The van der Waals surface area contributed by atoms with Gasteiger partial charge < -0.3 is 9.16 Å². The van der Waals surface area contributed by atoms with Crippen LogP contribution in [0.2, 0.25) is 12.1 Å². The van der Waals surface area contributed by atoms with Gasteiger partial charge in [0.25, 0.3) is 0 Å². The molecule has 0 aromatic rings. The average Bonchev–Trinajstić information content (AvgIpc) is 2.24. The fraction of sp³-hybridized carbons (Fsp3) is 0.700. The van der Waals surface area contributed by atoms with E-state index in [0.29, 0.717) is 12.8 Å². The van der Waals surface area contributed by atoms with Gasteiger partial charge in [0.2, 0.25) is 8.32 Å². The SMILES string of the molecule is C=CC(=O)OC[Si](CC)(CC)OCC. The molecule has 0 heterocycles. The zero-order valence-electron chi connectivity index (χ0n) is 9.34. The van der Waals surface area contributed by atoms with Crippen molar-refractivity contribution in [3.8, 4) is 0 Å². The molecule has 0 unspecified atom stereocenters. The van der Waals surface area contributed by atoms with E-state index in [0.717, 1.165) is 12.1 Å². The van der Waals surface area contributed by atoms with Gasteiger partial charge >= 0.3 is 5.97 Å². The third-order valence-electron chi connectivity index (χ3n) is 2.38. The summed E-state index contributed by atoms with van der Waals surface area (Å²) in [6.07, 6.45) is 1.63. The van der Waals surface area contributed by atoms with Gasteiger partial charge in [-0.05, 0) is 19.0 Å². The minimum atomic E-state index is -1.81. The van der Waals surface area contributed by atoms with E-state index in [4.69, 9.17) is 9.16 Å².